The molecule has 0 radical (unpaired) electrons. The summed E-state index contributed by atoms with van der Waals surface area (Å²) in [7, 11) is 0. The van der Waals surface area contributed by atoms with E-state index in [4.69, 9.17) is 16.4 Å². The van der Waals surface area contributed by atoms with Crippen molar-refractivity contribution < 1.29 is 18.0 Å². The van der Waals surface area contributed by atoms with Crippen LogP contribution in [-0.4, -0.2) is 12.3 Å². The van der Waals surface area contributed by atoms with E-state index in [1.807, 2.05) is 6.92 Å². The Morgan fingerprint density at radius 3 is 2.53 bits per heavy atom. The van der Waals surface area contributed by atoms with Gasteiger partial charge in [-0.1, -0.05) is 30.1 Å². The minimum Gasteiger partial charge on any atom is -0.396 e. The van der Waals surface area contributed by atoms with Gasteiger partial charge in [0.2, 0.25) is 0 Å². The summed E-state index contributed by atoms with van der Waals surface area (Å²) in [4.78, 5) is 4.89. The Labute approximate surface area is 115 Å². The van der Waals surface area contributed by atoms with Crippen molar-refractivity contribution in [2.75, 3.05) is 6.61 Å². The van der Waals surface area contributed by atoms with Gasteiger partial charge in [-0.25, -0.2) is 0 Å². The number of halogens is 4. The number of hydrogen-bond donors (Lipinski definition) is 0. The van der Waals surface area contributed by atoms with Crippen LogP contribution in [0.5, 0.6) is 0 Å². The number of oxime groups is 1. The Kier molecular flexibility index (Phi) is 5.66. The third-order valence-electron chi connectivity index (χ3n) is 2.39. The van der Waals surface area contributed by atoms with Crippen LogP contribution in [0.15, 0.2) is 23.4 Å². The monoisotopic (exact) mass is 293 g/mol. The lowest BCUT2D eigenvalue weighted by Crippen LogP contribution is -2.14. The smallest absolute Gasteiger partial charge is 0.396 e. The van der Waals surface area contributed by atoms with Crippen molar-refractivity contribution in [2.45, 2.75) is 32.9 Å². The summed E-state index contributed by atoms with van der Waals surface area (Å²) < 4.78 is 38.9. The molecule has 0 amide bonds. The number of hydrogen-bond acceptors (Lipinski definition) is 2. The molecule has 0 aliphatic rings. The molecule has 0 unspecified atom stereocenters. The van der Waals surface area contributed by atoms with Gasteiger partial charge in [0, 0.05) is 10.6 Å². The Hall–Kier alpha value is -1.23. The molecule has 0 atom stereocenters. The van der Waals surface area contributed by atoms with E-state index < -0.39 is 11.7 Å². The molecule has 106 valence electrons. The topological polar surface area (TPSA) is 21.6 Å². The van der Waals surface area contributed by atoms with Gasteiger partial charge in [0.25, 0.3) is 0 Å². The molecule has 19 heavy (non-hydrogen) atoms. The predicted octanol–water partition coefficient (Wildman–Crippen LogP) is 4.90. The van der Waals surface area contributed by atoms with E-state index in [0.29, 0.717) is 19.4 Å². The van der Waals surface area contributed by atoms with E-state index in [2.05, 4.69) is 5.16 Å². The normalized spacial score (nSPS) is 12.6. The summed E-state index contributed by atoms with van der Waals surface area (Å²) >= 11 is 5.78. The highest BCUT2D eigenvalue weighted by atomic mass is 35.5. The molecule has 0 saturated heterocycles. The molecular weight excluding hydrogens is 279 g/mol. The van der Waals surface area contributed by atoms with Crippen LogP contribution >= 0.6 is 11.6 Å². The zero-order chi connectivity index (χ0) is 14.5. The van der Waals surface area contributed by atoms with Gasteiger partial charge in [-0.15, -0.1) is 0 Å². The van der Waals surface area contributed by atoms with E-state index in [1.54, 1.807) is 6.92 Å². The molecule has 0 aromatic heterocycles. The molecule has 1 aromatic carbocycles. The zero-order valence-corrected chi connectivity index (χ0v) is 11.5. The maximum Gasteiger partial charge on any atom is 0.417 e. The lowest BCUT2D eigenvalue weighted by atomic mass is 9.99. The van der Waals surface area contributed by atoms with Crippen LogP contribution in [-0.2, 0) is 11.0 Å². The van der Waals surface area contributed by atoms with Crippen LogP contribution < -0.4 is 0 Å². The van der Waals surface area contributed by atoms with E-state index in [0.717, 1.165) is 6.07 Å². The molecule has 6 heteroatoms. The molecule has 0 aliphatic heterocycles. The maximum absolute atomic E-state index is 13.0. The predicted molar refractivity (Wildman–Crippen MR) is 69.5 cm³/mol. The first kappa shape index (κ1) is 15.8. The second-order valence-electron chi connectivity index (χ2n) is 3.89. The summed E-state index contributed by atoms with van der Waals surface area (Å²) in [6.45, 7) is 3.88. The molecule has 0 N–H and O–H groups in total. The number of rotatable bonds is 5. The van der Waals surface area contributed by atoms with Gasteiger partial charge in [0.05, 0.1) is 11.3 Å². The van der Waals surface area contributed by atoms with E-state index in [-0.39, 0.29) is 16.3 Å². The third kappa shape index (κ3) is 4.42. The molecule has 2 nitrogen and oxygen atoms in total. The summed E-state index contributed by atoms with van der Waals surface area (Å²) in [5.41, 5.74) is -0.502. The maximum atomic E-state index is 13.0. The largest absolute Gasteiger partial charge is 0.417 e. The van der Waals surface area contributed by atoms with Crippen LogP contribution in [0.4, 0.5) is 13.2 Å². The van der Waals surface area contributed by atoms with Gasteiger partial charge in [-0.3, -0.25) is 0 Å². The highest BCUT2D eigenvalue weighted by Gasteiger charge is 2.34. The van der Waals surface area contributed by atoms with Crippen molar-refractivity contribution in [3.63, 3.8) is 0 Å². The van der Waals surface area contributed by atoms with Crippen LogP contribution in [0.3, 0.4) is 0 Å². The van der Waals surface area contributed by atoms with E-state index in [1.165, 1.54) is 12.1 Å². The summed E-state index contributed by atoms with van der Waals surface area (Å²) in [5.74, 6) is 0. The lowest BCUT2D eigenvalue weighted by molar-refractivity contribution is -0.137. The van der Waals surface area contributed by atoms with Crippen molar-refractivity contribution in [3.05, 3.63) is 34.3 Å². The molecule has 1 aromatic rings. The first-order valence-corrected chi connectivity index (χ1v) is 6.33. The first-order valence-electron chi connectivity index (χ1n) is 5.96. The highest BCUT2D eigenvalue weighted by Crippen LogP contribution is 2.34. The van der Waals surface area contributed by atoms with Gasteiger partial charge >= 0.3 is 6.18 Å². The van der Waals surface area contributed by atoms with Crippen molar-refractivity contribution >= 4 is 17.3 Å². The number of nitrogens with zero attached hydrogens (tertiary/aromatic N) is 1. The SMILES string of the molecule is CCCC(=NOCC)c1cc(Cl)ccc1C(F)(F)F. The highest BCUT2D eigenvalue weighted by molar-refractivity contribution is 6.31. The Morgan fingerprint density at radius 2 is 2.00 bits per heavy atom. The van der Waals surface area contributed by atoms with E-state index >= 15 is 0 Å². The van der Waals surface area contributed by atoms with Crippen molar-refractivity contribution in [2.24, 2.45) is 5.16 Å². The Bertz CT molecular complexity index is 458. The molecule has 0 aliphatic carbocycles. The fourth-order valence-corrected chi connectivity index (χ4v) is 1.78. The average Bonchev–Trinajstić information content (AvgIpc) is 2.32. The number of alkyl halides is 3. The van der Waals surface area contributed by atoms with Crippen LogP contribution in [0, 0.1) is 0 Å². The molecule has 0 heterocycles. The number of benzene rings is 1. The van der Waals surface area contributed by atoms with Crippen molar-refractivity contribution in [3.8, 4) is 0 Å². The zero-order valence-electron chi connectivity index (χ0n) is 10.7. The molecule has 0 saturated carbocycles. The quantitative estimate of drug-likeness (QED) is 0.559. The van der Waals surface area contributed by atoms with E-state index in [9.17, 15) is 13.2 Å². The van der Waals surface area contributed by atoms with Gasteiger partial charge in [-0.05, 0) is 31.5 Å². The summed E-state index contributed by atoms with van der Waals surface area (Å²) in [6, 6.07) is 3.46. The standard InChI is InChI=1S/C13H15ClF3NO/c1-3-5-12(18-19-4-2)10-8-9(14)6-7-11(10)13(15,16)17/h6-8H,3-5H2,1-2H3. The van der Waals surface area contributed by atoms with Crippen LogP contribution in [0.2, 0.25) is 5.02 Å². The second-order valence-corrected chi connectivity index (χ2v) is 4.33. The van der Waals surface area contributed by atoms with Crippen molar-refractivity contribution in [1.82, 2.24) is 0 Å². The third-order valence-corrected chi connectivity index (χ3v) is 2.62. The Balaban J connectivity index is 3.31. The molecule has 1 rings (SSSR count). The van der Waals surface area contributed by atoms with Crippen LogP contribution in [0.25, 0.3) is 0 Å². The molecule has 0 bridgehead atoms. The minimum absolute atomic E-state index is 0.0182. The molecule has 0 fully saturated rings. The average molecular weight is 294 g/mol. The van der Waals surface area contributed by atoms with Gasteiger partial charge < -0.3 is 4.84 Å². The van der Waals surface area contributed by atoms with Gasteiger partial charge in [-0.2, -0.15) is 13.2 Å². The molecular formula is C13H15ClF3NO. The summed E-state index contributed by atoms with van der Waals surface area (Å²) in [6.07, 6.45) is -3.39. The lowest BCUT2D eigenvalue weighted by Gasteiger charge is -2.14. The summed E-state index contributed by atoms with van der Waals surface area (Å²) in [5, 5.41) is 4.01. The fraction of sp³-hybridized carbons (Fsp3) is 0.462. The fourth-order valence-electron chi connectivity index (χ4n) is 1.61. The second kappa shape index (κ2) is 6.80. The van der Waals surface area contributed by atoms with Gasteiger partial charge in [0.15, 0.2) is 0 Å². The van der Waals surface area contributed by atoms with Gasteiger partial charge in [0.1, 0.15) is 6.61 Å². The van der Waals surface area contributed by atoms with Crippen molar-refractivity contribution in [1.29, 1.82) is 0 Å². The minimum atomic E-state index is -4.44. The van der Waals surface area contributed by atoms with Crippen LogP contribution in [0.1, 0.15) is 37.8 Å². The first-order chi connectivity index (χ1) is 8.90. The molecule has 0 spiro atoms. The Morgan fingerprint density at radius 1 is 1.32 bits per heavy atom.